The molecule has 4 heteroatoms. The minimum Gasteiger partial charge on any atom is -0.376 e. The van der Waals surface area contributed by atoms with E-state index in [1.165, 1.54) is 11.6 Å². The van der Waals surface area contributed by atoms with Gasteiger partial charge in [0.05, 0.1) is 6.54 Å². The molecule has 0 spiro atoms. The zero-order chi connectivity index (χ0) is 15.1. The topological polar surface area (TPSA) is 41.1 Å². The second-order valence-corrected chi connectivity index (χ2v) is 4.73. The Morgan fingerprint density at radius 2 is 1.71 bits per heavy atom. The van der Waals surface area contributed by atoms with Crippen LogP contribution in [-0.2, 0) is 17.8 Å². The van der Waals surface area contributed by atoms with Crippen molar-refractivity contribution in [2.24, 2.45) is 0 Å². The molecule has 0 bridgehead atoms. The Morgan fingerprint density at radius 3 is 2.43 bits per heavy atom. The summed E-state index contributed by atoms with van der Waals surface area (Å²) >= 11 is 0. The van der Waals surface area contributed by atoms with Gasteiger partial charge in [0.1, 0.15) is 5.82 Å². The smallest absolute Gasteiger partial charge is 0.239 e. The number of hydrogen-bond acceptors (Lipinski definition) is 2. The summed E-state index contributed by atoms with van der Waals surface area (Å²) in [5.41, 5.74) is 2.61. The van der Waals surface area contributed by atoms with Crippen LogP contribution in [0.2, 0.25) is 0 Å². The van der Waals surface area contributed by atoms with Gasteiger partial charge in [-0.2, -0.15) is 0 Å². The van der Waals surface area contributed by atoms with Crippen molar-refractivity contribution in [2.45, 2.75) is 19.9 Å². The van der Waals surface area contributed by atoms with E-state index in [0.29, 0.717) is 5.56 Å². The van der Waals surface area contributed by atoms with E-state index >= 15 is 0 Å². The number of amides is 1. The van der Waals surface area contributed by atoms with Gasteiger partial charge in [0, 0.05) is 17.8 Å². The number of carbonyl (C=O) groups is 1. The molecule has 21 heavy (non-hydrogen) atoms. The van der Waals surface area contributed by atoms with Crippen LogP contribution in [0.25, 0.3) is 0 Å². The van der Waals surface area contributed by atoms with Crippen molar-refractivity contribution in [3.63, 3.8) is 0 Å². The van der Waals surface area contributed by atoms with E-state index in [1.54, 1.807) is 18.2 Å². The summed E-state index contributed by atoms with van der Waals surface area (Å²) < 4.78 is 13.4. The minimum atomic E-state index is -0.304. The van der Waals surface area contributed by atoms with Gasteiger partial charge < -0.3 is 10.6 Å². The highest BCUT2D eigenvalue weighted by molar-refractivity contribution is 5.80. The van der Waals surface area contributed by atoms with E-state index in [0.717, 1.165) is 12.1 Å². The van der Waals surface area contributed by atoms with Gasteiger partial charge in [-0.15, -0.1) is 0 Å². The van der Waals surface area contributed by atoms with E-state index in [1.807, 2.05) is 24.3 Å². The molecule has 2 rings (SSSR count). The van der Waals surface area contributed by atoms with E-state index in [2.05, 4.69) is 17.6 Å². The van der Waals surface area contributed by atoms with Crippen molar-refractivity contribution in [3.05, 3.63) is 65.5 Å². The zero-order valence-electron chi connectivity index (χ0n) is 12.0. The van der Waals surface area contributed by atoms with Crippen LogP contribution < -0.4 is 10.6 Å². The Balaban J connectivity index is 1.84. The van der Waals surface area contributed by atoms with E-state index in [-0.39, 0.29) is 24.8 Å². The number of nitrogens with one attached hydrogen (secondary N) is 2. The van der Waals surface area contributed by atoms with Crippen molar-refractivity contribution in [2.75, 3.05) is 11.9 Å². The molecule has 110 valence electrons. The average Bonchev–Trinajstić information content (AvgIpc) is 2.52. The van der Waals surface area contributed by atoms with Gasteiger partial charge in [0.15, 0.2) is 0 Å². The van der Waals surface area contributed by atoms with Gasteiger partial charge in [0.25, 0.3) is 0 Å². The van der Waals surface area contributed by atoms with Gasteiger partial charge in [-0.05, 0) is 24.1 Å². The Kier molecular flexibility index (Phi) is 5.32. The number of benzene rings is 2. The number of anilines is 1. The highest BCUT2D eigenvalue weighted by Crippen LogP contribution is 2.14. The number of hydrogen-bond donors (Lipinski definition) is 2. The highest BCUT2D eigenvalue weighted by Gasteiger charge is 2.05. The molecule has 0 unspecified atom stereocenters. The van der Waals surface area contributed by atoms with Crippen LogP contribution in [0.5, 0.6) is 0 Å². The van der Waals surface area contributed by atoms with Crippen LogP contribution in [0.1, 0.15) is 18.1 Å². The third kappa shape index (κ3) is 4.31. The van der Waals surface area contributed by atoms with E-state index in [9.17, 15) is 9.18 Å². The highest BCUT2D eigenvalue weighted by atomic mass is 19.1. The van der Waals surface area contributed by atoms with Gasteiger partial charge in [0.2, 0.25) is 5.91 Å². The fourth-order valence-electron chi connectivity index (χ4n) is 2.07. The molecule has 0 saturated carbocycles. The maximum atomic E-state index is 13.4. The molecule has 3 nitrogen and oxygen atoms in total. The largest absolute Gasteiger partial charge is 0.376 e. The molecule has 2 N–H and O–H groups in total. The van der Waals surface area contributed by atoms with Crippen LogP contribution in [0, 0.1) is 5.82 Å². The second-order valence-electron chi connectivity index (χ2n) is 4.73. The standard InChI is InChI=1S/C17H19FN2O/c1-2-13-7-4-6-10-16(13)19-12-17(21)20-11-14-8-3-5-9-15(14)18/h3-10,19H,2,11-12H2,1H3,(H,20,21). The first-order valence-corrected chi connectivity index (χ1v) is 7.02. The normalized spacial score (nSPS) is 10.2. The molecule has 2 aromatic carbocycles. The van der Waals surface area contributed by atoms with Crippen molar-refractivity contribution in [3.8, 4) is 0 Å². The van der Waals surface area contributed by atoms with Gasteiger partial charge >= 0.3 is 0 Å². The fraction of sp³-hybridized carbons (Fsp3) is 0.235. The van der Waals surface area contributed by atoms with Crippen LogP contribution in [0.3, 0.4) is 0 Å². The Morgan fingerprint density at radius 1 is 1.05 bits per heavy atom. The summed E-state index contributed by atoms with van der Waals surface area (Å²) in [5.74, 6) is -0.466. The first-order chi connectivity index (χ1) is 10.2. The lowest BCUT2D eigenvalue weighted by molar-refractivity contribution is -0.119. The Hall–Kier alpha value is -2.36. The second kappa shape index (κ2) is 7.43. The van der Waals surface area contributed by atoms with Crippen LogP contribution in [0.15, 0.2) is 48.5 Å². The van der Waals surface area contributed by atoms with E-state index < -0.39 is 0 Å². The molecule has 0 aromatic heterocycles. The Bertz CT molecular complexity index is 613. The summed E-state index contributed by atoms with van der Waals surface area (Å²) in [4.78, 5) is 11.8. The number of halogens is 1. The van der Waals surface area contributed by atoms with Crippen LogP contribution in [-0.4, -0.2) is 12.5 Å². The van der Waals surface area contributed by atoms with Crippen molar-refractivity contribution >= 4 is 11.6 Å². The molecule has 0 aliphatic rings. The summed E-state index contributed by atoms with van der Waals surface area (Å²) in [6.45, 7) is 2.44. The molecule has 0 atom stereocenters. The van der Waals surface area contributed by atoms with Crippen molar-refractivity contribution in [1.82, 2.24) is 5.32 Å². The van der Waals surface area contributed by atoms with Crippen molar-refractivity contribution in [1.29, 1.82) is 0 Å². The quantitative estimate of drug-likeness (QED) is 0.856. The lowest BCUT2D eigenvalue weighted by Gasteiger charge is -2.11. The molecular weight excluding hydrogens is 267 g/mol. The predicted octanol–water partition coefficient (Wildman–Crippen LogP) is 3.12. The third-order valence-electron chi connectivity index (χ3n) is 3.27. The van der Waals surface area contributed by atoms with Gasteiger partial charge in [-0.25, -0.2) is 4.39 Å². The zero-order valence-corrected chi connectivity index (χ0v) is 12.0. The van der Waals surface area contributed by atoms with E-state index in [4.69, 9.17) is 0 Å². The SMILES string of the molecule is CCc1ccccc1NCC(=O)NCc1ccccc1F. The van der Waals surface area contributed by atoms with Gasteiger partial charge in [-0.1, -0.05) is 43.3 Å². The maximum absolute atomic E-state index is 13.4. The molecule has 0 fully saturated rings. The maximum Gasteiger partial charge on any atom is 0.239 e. The summed E-state index contributed by atoms with van der Waals surface area (Å²) in [6, 6.07) is 14.3. The average molecular weight is 286 g/mol. The molecular formula is C17H19FN2O. The predicted molar refractivity (Wildman–Crippen MR) is 82.6 cm³/mol. The lowest BCUT2D eigenvalue weighted by Crippen LogP contribution is -2.29. The van der Waals surface area contributed by atoms with Gasteiger partial charge in [-0.3, -0.25) is 4.79 Å². The molecule has 0 heterocycles. The summed E-state index contributed by atoms with van der Waals surface area (Å²) in [6.07, 6.45) is 0.903. The summed E-state index contributed by atoms with van der Waals surface area (Å²) in [7, 11) is 0. The van der Waals surface area contributed by atoms with Crippen LogP contribution in [0.4, 0.5) is 10.1 Å². The summed E-state index contributed by atoms with van der Waals surface area (Å²) in [5, 5.41) is 5.82. The van der Waals surface area contributed by atoms with Crippen molar-refractivity contribution < 1.29 is 9.18 Å². The number of rotatable bonds is 6. The number of aryl methyl sites for hydroxylation is 1. The molecule has 1 amide bonds. The fourth-order valence-corrected chi connectivity index (χ4v) is 2.07. The van der Waals surface area contributed by atoms with Crippen LogP contribution >= 0.6 is 0 Å². The molecule has 2 aromatic rings. The lowest BCUT2D eigenvalue weighted by atomic mass is 10.1. The number of carbonyl (C=O) groups excluding carboxylic acids is 1. The Labute approximate surface area is 124 Å². The molecule has 0 radical (unpaired) electrons. The molecule has 0 aliphatic heterocycles. The third-order valence-corrected chi connectivity index (χ3v) is 3.27. The monoisotopic (exact) mass is 286 g/mol. The minimum absolute atomic E-state index is 0.163. The first kappa shape index (κ1) is 15.0. The molecule has 0 aliphatic carbocycles. The first-order valence-electron chi connectivity index (χ1n) is 7.02. The number of para-hydroxylation sites is 1. The molecule has 0 saturated heterocycles.